The van der Waals surface area contributed by atoms with E-state index in [-0.39, 0.29) is 6.54 Å². The van der Waals surface area contributed by atoms with Crippen molar-refractivity contribution in [1.82, 2.24) is 10.3 Å². The Morgan fingerprint density at radius 3 is 2.75 bits per heavy atom. The van der Waals surface area contributed by atoms with E-state index in [4.69, 9.17) is 0 Å². The number of halogens is 3. The van der Waals surface area contributed by atoms with E-state index >= 15 is 0 Å². The van der Waals surface area contributed by atoms with Gasteiger partial charge in [0.05, 0.1) is 6.54 Å². The monoisotopic (exact) mass is 228 g/mol. The maximum absolute atomic E-state index is 11.9. The van der Waals surface area contributed by atoms with E-state index in [9.17, 15) is 13.2 Å². The van der Waals surface area contributed by atoms with Gasteiger partial charge in [-0.25, -0.2) is 0 Å². The normalized spacial score (nSPS) is 12.2. The largest absolute Gasteiger partial charge is 0.401 e. The van der Waals surface area contributed by atoms with Crippen molar-refractivity contribution >= 4 is 10.9 Å². The number of aromatic nitrogens is 1. The van der Waals surface area contributed by atoms with E-state index < -0.39 is 12.7 Å². The molecule has 2 aromatic rings. The van der Waals surface area contributed by atoms with Crippen LogP contribution in [-0.4, -0.2) is 17.7 Å². The zero-order valence-electron chi connectivity index (χ0n) is 8.43. The molecule has 1 aromatic carbocycles. The minimum absolute atomic E-state index is 0.206. The maximum atomic E-state index is 11.9. The minimum Gasteiger partial charge on any atom is -0.361 e. The van der Waals surface area contributed by atoms with Crippen LogP contribution >= 0.6 is 0 Å². The maximum Gasteiger partial charge on any atom is 0.401 e. The Morgan fingerprint density at radius 1 is 1.19 bits per heavy atom. The topological polar surface area (TPSA) is 27.8 Å². The Bertz CT molecular complexity index is 473. The molecule has 2 N–H and O–H groups in total. The van der Waals surface area contributed by atoms with E-state index in [1.54, 1.807) is 6.20 Å². The number of hydrogen-bond donors (Lipinski definition) is 2. The molecule has 0 aliphatic rings. The van der Waals surface area contributed by atoms with Gasteiger partial charge in [0.25, 0.3) is 0 Å². The standard InChI is InChI=1S/C11H11F3N2/c12-11(13,14)7-15-6-9-3-1-2-8-4-5-16-10(8)9/h1-5,15-16H,6-7H2. The number of fused-ring (bicyclic) bond motifs is 1. The van der Waals surface area contributed by atoms with Gasteiger partial charge in [0, 0.05) is 18.3 Å². The van der Waals surface area contributed by atoms with Crippen LogP contribution < -0.4 is 5.32 Å². The second-order valence-corrected chi connectivity index (χ2v) is 3.58. The van der Waals surface area contributed by atoms with E-state index in [1.165, 1.54) is 0 Å². The third-order valence-corrected chi connectivity index (χ3v) is 2.31. The minimum atomic E-state index is -4.16. The molecule has 0 saturated heterocycles. The predicted molar refractivity (Wildman–Crippen MR) is 56.1 cm³/mol. The molecule has 0 aliphatic carbocycles. The van der Waals surface area contributed by atoms with Gasteiger partial charge in [0.15, 0.2) is 0 Å². The van der Waals surface area contributed by atoms with Crippen molar-refractivity contribution in [3.05, 3.63) is 36.0 Å². The van der Waals surface area contributed by atoms with Gasteiger partial charge in [-0.3, -0.25) is 0 Å². The van der Waals surface area contributed by atoms with Gasteiger partial charge in [0.1, 0.15) is 0 Å². The molecule has 0 fully saturated rings. The van der Waals surface area contributed by atoms with Crippen LogP contribution in [0.5, 0.6) is 0 Å². The van der Waals surface area contributed by atoms with Crippen molar-refractivity contribution in [3.63, 3.8) is 0 Å². The first-order valence-electron chi connectivity index (χ1n) is 4.89. The second-order valence-electron chi connectivity index (χ2n) is 3.58. The van der Waals surface area contributed by atoms with Crippen LogP contribution in [0.2, 0.25) is 0 Å². The Labute approximate surface area is 90.5 Å². The summed E-state index contributed by atoms with van der Waals surface area (Å²) in [7, 11) is 0. The molecule has 2 nitrogen and oxygen atoms in total. The summed E-state index contributed by atoms with van der Waals surface area (Å²) in [6.07, 6.45) is -2.39. The number of hydrogen-bond acceptors (Lipinski definition) is 1. The molecule has 0 bridgehead atoms. The van der Waals surface area contributed by atoms with Crippen LogP contribution in [-0.2, 0) is 6.54 Å². The molecule has 2 rings (SSSR count). The number of rotatable bonds is 3. The van der Waals surface area contributed by atoms with E-state index in [1.807, 2.05) is 24.3 Å². The third-order valence-electron chi connectivity index (χ3n) is 2.31. The predicted octanol–water partition coefficient (Wildman–Crippen LogP) is 2.82. The fourth-order valence-electron chi connectivity index (χ4n) is 1.64. The summed E-state index contributed by atoms with van der Waals surface area (Å²) in [4.78, 5) is 3.01. The molecule has 86 valence electrons. The highest BCUT2D eigenvalue weighted by Crippen LogP contribution is 2.17. The van der Waals surface area contributed by atoms with Crippen molar-refractivity contribution < 1.29 is 13.2 Å². The first-order chi connectivity index (χ1) is 7.56. The molecule has 0 atom stereocenters. The van der Waals surface area contributed by atoms with Crippen LogP contribution in [0.3, 0.4) is 0 Å². The molecule has 0 amide bonds. The molecule has 0 aliphatic heterocycles. The molecule has 0 saturated carbocycles. The fraction of sp³-hybridized carbons (Fsp3) is 0.273. The second kappa shape index (κ2) is 4.17. The van der Waals surface area contributed by atoms with E-state index in [0.29, 0.717) is 0 Å². The summed E-state index contributed by atoms with van der Waals surface area (Å²) in [5.74, 6) is 0. The first-order valence-corrected chi connectivity index (χ1v) is 4.89. The van der Waals surface area contributed by atoms with Gasteiger partial charge < -0.3 is 10.3 Å². The summed E-state index contributed by atoms with van der Waals surface area (Å²) in [6.45, 7) is -0.762. The lowest BCUT2D eigenvalue weighted by molar-refractivity contribution is -0.125. The lowest BCUT2D eigenvalue weighted by Gasteiger charge is -2.08. The highest BCUT2D eigenvalue weighted by molar-refractivity contribution is 5.82. The zero-order chi connectivity index (χ0) is 11.6. The molecule has 0 spiro atoms. The average Bonchev–Trinajstić information content (AvgIpc) is 2.64. The van der Waals surface area contributed by atoms with Gasteiger partial charge in [-0.15, -0.1) is 0 Å². The van der Waals surface area contributed by atoms with Crippen molar-refractivity contribution in [2.75, 3.05) is 6.54 Å². The molecule has 1 aromatic heterocycles. The highest BCUT2D eigenvalue weighted by atomic mass is 19.4. The van der Waals surface area contributed by atoms with Crippen molar-refractivity contribution in [1.29, 1.82) is 0 Å². The van der Waals surface area contributed by atoms with Crippen LogP contribution in [0.1, 0.15) is 5.56 Å². The fourth-order valence-corrected chi connectivity index (χ4v) is 1.64. The summed E-state index contributed by atoms with van der Waals surface area (Å²) in [5.41, 5.74) is 1.73. The zero-order valence-corrected chi connectivity index (χ0v) is 8.43. The number of aromatic amines is 1. The van der Waals surface area contributed by atoms with Gasteiger partial charge in [-0.2, -0.15) is 13.2 Å². The highest BCUT2D eigenvalue weighted by Gasteiger charge is 2.26. The Hall–Kier alpha value is -1.49. The van der Waals surface area contributed by atoms with E-state index in [0.717, 1.165) is 16.5 Å². The third kappa shape index (κ3) is 2.55. The van der Waals surface area contributed by atoms with Gasteiger partial charge in [-0.05, 0) is 17.0 Å². The van der Waals surface area contributed by atoms with E-state index in [2.05, 4.69) is 10.3 Å². The van der Waals surface area contributed by atoms with Crippen LogP contribution in [0.15, 0.2) is 30.5 Å². The average molecular weight is 228 g/mol. The Kier molecular flexibility index (Phi) is 2.87. The number of benzene rings is 1. The smallest absolute Gasteiger partial charge is 0.361 e. The van der Waals surface area contributed by atoms with Crippen molar-refractivity contribution in [2.24, 2.45) is 0 Å². The molecule has 1 heterocycles. The summed E-state index contributed by atoms with van der Waals surface area (Å²) >= 11 is 0. The van der Waals surface area contributed by atoms with Crippen molar-refractivity contribution in [2.45, 2.75) is 12.7 Å². The molecule has 16 heavy (non-hydrogen) atoms. The SMILES string of the molecule is FC(F)(F)CNCc1cccc2cc[nH]c12. The molecular weight excluding hydrogens is 217 g/mol. The number of H-pyrrole nitrogens is 1. The lowest BCUT2D eigenvalue weighted by Crippen LogP contribution is -2.28. The Morgan fingerprint density at radius 2 is 2.00 bits per heavy atom. The Balaban J connectivity index is 2.07. The van der Waals surface area contributed by atoms with Gasteiger partial charge >= 0.3 is 6.18 Å². The number of para-hydroxylation sites is 1. The lowest BCUT2D eigenvalue weighted by atomic mass is 10.1. The van der Waals surface area contributed by atoms with Crippen LogP contribution in [0.25, 0.3) is 10.9 Å². The van der Waals surface area contributed by atoms with Crippen molar-refractivity contribution in [3.8, 4) is 0 Å². The molecule has 0 unspecified atom stereocenters. The van der Waals surface area contributed by atoms with Crippen LogP contribution in [0, 0.1) is 0 Å². The number of alkyl halides is 3. The van der Waals surface area contributed by atoms with Crippen LogP contribution in [0.4, 0.5) is 13.2 Å². The quantitative estimate of drug-likeness (QED) is 0.830. The number of nitrogens with one attached hydrogen (secondary N) is 2. The summed E-state index contributed by atoms with van der Waals surface area (Å²) in [5, 5.41) is 3.38. The summed E-state index contributed by atoms with van der Waals surface area (Å²) in [6, 6.07) is 7.45. The first kappa shape index (κ1) is 11.0. The van der Waals surface area contributed by atoms with Gasteiger partial charge in [-0.1, -0.05) is 18.2 Å². The van der Waals surface area contributed by atoms with Gasteiger partial charge in [0.2, 0.25) is 0 Å². The summed E-state index contributed by atoms with van der Waals surface area (Å²) < 4.78 is 35.8. The molecular formula is C11H11F3N2. The molecule has 5 heteroatoms. The molecule has 0 radical (unpaired) electrons.